The van der Waals surface area contributed by atoms with Crippen LogP contribution in [0.25, 0.3) is 6.08 Å². The predicted molar refractivity (Wildman–Crippen MR) is 129 cm³/mol. The van der Waals surface area contributed by atoms with E-state index < -0.39 is 0 Å². The number of nitriles is 1. The molecule has 0 atom stereocenters. The number of ether oxygens (including phenoxy) is 1. The SMILES string of the molecule is N#Cc1c(NC(=O)C=Cc2ccccc2)sc2c1CCN(C(=O)OCCN1CCCCC1)C2. The third-order valence-corrected chi connectivity index (χ3v) is 7.10. The number of benzene rings is 1. The van der Waals surface area contributed by atoms with Gasteiger partial charge in [0.15, 0.2) is 0 Å². The van der Waals surface area contributed by atoms with E-state index >= 15 is 0 Å². The largest absolute Gasteiger partial charge is 0.448 e. The lowest BCUT2D eigenvalue weighted by atomic mass is 10.0. The number of piperidine rings is 1. The first-order chi connectivity index (χ1) is 16.1. The number of anilines is 1. The second-order valence-corrected chi connectivity index (χ2v) is 9.35. The molecule has 172 valence electrons. The first-order valence-corrected chi connectivity index (χ1v) is 12.2. The molecule has 3 heterocycles. The molecular weight excluding hydrogens is 436 g/mol. The number of thiophene rings is 1. The molecular formula is C25H28N4O3S. The van der Waals surface area contributed by atoms with Gasteiger partial charge in [0.1, 0.15) is 17.7 Å². The molecule has 1 aromatic carbocycles. The second-order valence-electron chi connectivity index (χ2n) is 8.24. The Morgan fingerprint density at radius 2 is 1.94 bits per heavy atom. The predicted octanol–water partition coefficient (Wildman–Crippen LogP) is 4.25. The van der Waals surface area contributed by atoms with E-state index in [2.05, 4.69) is 16.3 Å². The Morgan fingerprint density at radius 1 is 1.15 bits per heavy atom. The monoisotopic (exact) mass is 464 g/mol. The molecule has 2 amide bonds. The highest BCUT2D eigenvalue weighted by Gasteiger charge is 2.28. The van der Waals surface area contributed by atoms with Crippen molar-refractivity contribution in [2.45, 2.75) is 32.2 Å². The normalized spacial score (nSPS) is 16.3. The number of hydrogen-bond acceptors (Lipinski definition) is 6. The van der Waals surface area contributed by atoms with Crippen LogP contribution < -0.4 is 5.32 Å². The Labute approximate surface area is 198 Å². The Morgan fingerprint density at radius 3 is 2.70 bits per heavy atom. The first-order valence-electron chi connectivity index (χ1n) is 11.4. The van der Waals surface area contributed by atoms with E-state index in [0.717, 1.165) is 35.6 Å². The van der Waals surface area contributed by atoms with Gasteiger partial charge in [-0.15, -0.1) is 11.3 Å². The smallest absolute Gasteiger partial charge is 0.410 e. The van der Waals surface area contributed by atoms with Crippen molar-refractivity contribution >= 4 is 34.4 Å². The fourth-order valence-corrected chi connectivity index (χ4v) is 5.41. The molecule has 1 fully saturated rings. The third-order valence-electron chi connectivity index (χ3n) is 5.97. The zero-order chi connectivity index (χ0) is 23.0. The highest BCUT2D eigenvalue weighted by molar-refractivity contribution is 7.16. The summed E-state index contributed by atoms with van der Waals surface area (Å²) in [5.74, 6) is -0.289. The van der Waals surface area contributed by atoms with Gasteiger partial charge in [-0.25, -0.2) is 4.79 Å². The van der Waals surface area contributed by atoms with Crippen molar-refractivity contribution in [2.24, 2.45) is 0 Å². The first kappa shape index (κ1) is 23.0. The summed E-state index contributed by atoms with van der Waals surface area (Å²) in [5.41, 5.74) is 2.34. The molecule has 33 heavy (non-hydrogen) atoms. The molecule has 1 N–H and O–H groups in total. The van der Waals surface area contributed by atoms with Gasteiger partial charge in [-0.3, -0.25) is 9.69 Å². The van der Waals surface area contributed by atoms with Gasteiger partial charge in [0.05, 0.1) is 12.1 Å². The fourth-order valence-electron chi connectivity index (χ4n) is 4.19. The lowest BCUT2D eigenvalue weighted by Gasteiger charge is -2.28. The van der Waals surface area contributed by atoms with Crippen LogP contribution in [0, 0.1) is 11.3 Å². The zero-order valence-corrected chi connectivity index (χ0v) is 19.4. The van der Waals surface area contributed by atoms with Crippen molar-refractivity contribution in [1.82, 2.24) is 9.80 Å². The van der Waals surface area contributed by atoms with Gasteiger partial charge in [0.25, 0.3) is 0 Å². The van der Waals surface area contributed by atoms with Crippen LogP contribution in [0.4, 0.5) is 9.80 Å². The molecule has 0 spiro atoms. The van der Waals surface area contributed by atoms with Crippen LogP contribution in [0.5, 0.6) is 0 Å². The number of nitrogens with zero attached hydrogens (tertiary/aromatic N) is 3. The average Bonchev–Trinajstić information content (AvgIpc) is 3.20. The maximum Gasteiger partial charge on any atom is 0.410 e. The van der Waals surface area contributed by atoms with Crippen LogP contribution in [-0.4, -0.2) is 54.6 Å². The highest BCUT2D eigenvalue weighted by atomic mass is 32.1. The lowest BCUT2D eigenvalue weighted by Crippen LogP contribution is -2.38. The van der Waals surface area contributed by atoms with Gasteiger partial charge < -0.3 is 15.0 Å². The van der Waals surface area contributed by atoms with Crippen LogP contribution in [0.3, 0.4) is 0 Å². The molecule has 0 unspecified atom stereocenters. The number of amides is 2. The minimum atomic E-state index is -0.319. The van der Waals surface area contributed by atoms with Crippen LogP contribution in [-0.2, 0) is 22.5 Å². The Balaban J connectivity index is 1.34. The molecule has 1 aromatic heterocycles. The van der Waals surface area contributed by atoms with Gasteiger partial charge in [-0.2, -0.15) is 5.26 Å². The topological polar surface area (TPSA) is 85.7 Å². The number of fused-ring (bicyclic) bond motifs is 1. The quantitative estimate of drug-likeness (QED) is 0.646. The van der Waals surface area contributed by atoms with Crippen molar-refractivity contribution in [2.75, 3.05) is 38.1 Å². The fraction of sp³-hybridized carbons (Fsp3) is 0.400. The van der Waals surface area contributed by atoms with Gasteiger partial charge >= 0.3 is 6.09 Å². The molecule has 2 aromatic rings. The Hall–Kier alpha value is -3.15. The summed E-state index contributed by atoms with van der Waals surface area (Å²) < 4.78 is 5.51. The molecule has 0 aliphatic carbocycles. The average molecular weight is 465 g/mol. The van der Waals surface area contributed by atoms with Gasteiger partial charge in [0, 0.05) is 24.0 Å². The number of hydrogen-bond donors (Lipinski definition) is 1. The maximum atomic E-state index is 12.6. The van der Waals surface area contributed by atoms with Crippen molar-refractivity contribution < 1.29 is 14.3 Å². The standard InChI is InChI=1S/C25H28N4O3S/c26-17-21-20-11-14-29(25(31)32-16-15-28-12-5-2-6-13-28)18-22(20)33-24(21)27-23(30)10-9-19-7-3-1-4-8-19/h1,3-4,7-10H,2,5-6,11-16,18H2,(H,27,30). The molecule has 1 saturated heterocycles. The number of carbonyl (C=O) groups is 2. The Bertz CT molecular complexity index is 1050. The highest BCUT2D eigenvalue weighted by Crippen LogP contribution is 2.36. The summed E-state index contributed by atoms with van der Waals surface area (Å²) in [6, 6.07) is 11.8. The number of carbonyl (C=O) groups excluding carboxylic acids is 2. The molecule has 0 radical (unpaired) electrons. The molecule has 7 nitrogen and oxygen atoms in total. The van der Waals surface area contributed by atoms with Gasteiger partial charge in [-0.1, -0.05) is 36.8 Å². The minimum absolute atomic E-state index is 0.289. The van der Waals surface area contributed by atoms with Crippen LogP contribution in [0.2, 0.25) is 0 Å². The van der Waals surface area contributed by atoms with E-state index in [4.69, 9.17) is 4.74 Å². The summed E-state index contributed by atoms with van der Waals surface area (Å²) in [4.78, 5) is 29.9. The van der Waals surface area contributed by atoms with E-state index in [0.29, 0.717) is 36.7 Å². The molecule has 2 aliphatic rings. The van der Waals surface area contributed by atoms with Crippen LogP contribution in [0.15, 0.2) is 36.4 Å². The van der Waals surface area contributed by atoms with Crippen molar-refractivity contribution in [1.29, 1.82) is 5.26 Å². The van der Waals surface area contributed by atoms with Gasteiger partial charge in [-0.05, 0) is 49.6 Å². The maximum absolute atomic E-state index is 12.6. The van der Waals surface area contributed by atoms with E-state index in [1.165, 1.54) is 36.7 Å². The van der Waals surface area contributed by atoms with Crippen molar-refractivity contribution in [3.05, 3.63) is 58.0 Å². The molecule has 0 saturated carbocycles. The van der Waals surface area contributed by atoms with Gasteiger partial charge in [0.2, 0.25) is 5.91 Å². The number of rotatable bonds is 6. The zero-order valence-electron chi connectivity index (χ0n) is 18.6. The summed E-state index contributed by atoms with van der Waals surface area (Å²) in [6.45, 7) is 4.22. The number of nitrogens with one attached hydrogen (secondary N) is 1. The van der Waals surface area contributed by atoms with Crippen LogP contribution in [0.1, 0.15) is 40.8 Å². The molecule has 8 heteroatoms. The van der Waals surface area contributed by atoms with Crippen LogP contribution >= 0.6 is 11.3 Å². The van der Waals surface area contributed by atoms with E-state index in [1.54, 1.807) is 11.0 Å². The second kappa shape index (κ2) is 11.1. The summed E-state index contributed by atoms with van der Waals surface area (Å²) in [7, 11) is 0. The molecule has 2 aliphatic heterocycles. The Kier molecular flexibility index (Phi) is 7.76. The lowest BCUT2D eigenvalue weighted by molar-refractivity contribution is -0.111. The van der Waals surface area contributed by atoms with E-state index in [1.807, 2.05) is 30.3 Å². The minimum Gasteiger partial charge on any atom is -0.448 e. The van der Waals surface area contributed by atoms with E-state index in [-0.39, 0.29) is 12.0 Å². The molecule has 0 bridgehead atoms. The number of likely N-dealkylation sites (tertiary alicyclic amines) is 1. The van der Waals surface area contributed by atoms with Crippen molar-refractivity contribution in [3.8, 4) is 6.07 Å². The van der Waals surface area contributed by atoms with Crippen molar-refractivity contribution in [3.63, 3.8) is 0 Å². The third kappa shape index (κ3) is 6.01. The summed E-state index contributed by atoms with van der Waals surface area (Å²) in [5, 5.41) is 13.0. The summed E-state index contributed by atoms with van der Waals surface area (Å²) >= 11 is 1.36. The summed E-state index contributed by atoms with van der Waals surface area (Å²) in [6.07, 6.45) is 7.15. The van der Waals surface area contributed by atoms with E-state index in [9.17, 15) is 14.9 Å². The molecule has 4 rings (SSSR count).